The van der Waals surface area contributed by atoms with Crippen LogP contribution >= 0.6 is 0 Å². The third-order valence-electron chi connectivity index (χ3n) is 6.66. The first-order valence-corrected chi connectivity index (χ1v) is 17.3. The van der Waals surface area contributed by atoms with Crippen LogP contribution in [0.25, 0.3) is 11.1 Å². The van der Waals surface area contributed by atoms with Gasteiger partial charge in [-0.1, -0.05) is 73.8 Å². The molecule has 0 saturated carbocycles. The highest BCUT2D eigenvalue weighted by atomic mass is 32.2. The van der Waals surface area contributed by atoms with Crippen molar-refractivity contribution >= 4 is 59.0 Å². The summed E-state index contributed by atoms with van der Waals surface area (Å²) in [6.07, 6.45) is 0. The van der Waals surface area contributed by atoms with Gasteiger partial charge in [0, 0.05) is 9.79 Å². The van der Waals surface area contributed by atoms with E-state index in [1.54, 1.807) is 18.2 Å². The highest BCUT2D eigenvalue weighted by Crippen LogP contribution is 2.28. The van der Waals surface area contributed by atoms with Gasteiger partial charge in [0.15, 0.2) is 0 Å². The Balaban J connectivity index is 1.48. The van der Waals surface area contributed by atoms with Crippen LogP contribution in [0.3, 0.4) is 0 Å². The smallest absolute Gasteiger partial charge is 0.206 e. The molecule has 1 unspecified atom stereocenters. The van der Waals surface area contributed by atoms with Crippen LogP contribution in [0.5, 0.6) is 0 Å². The van der Waals surface area contributed by atoms with Crippen molar-refractivity contribution in [3.05, 3.63) is 84.9 Å². The monoisotopic (exact) mass is 500 g/mol. The third-order valence-corrected chi connectivity index (χ3v) is 15.7. The number of rotatable bonds is 1. The molecular weight excluding hydrogens is 481 g/mol. The minimum absolute atomic E-state index is 0.439. The van der Waals surface area contributed by atoms with Gasteiger partial charge in [-0.05, 0) is 56.1 Å². The van der Waals surface area contributed by atoms with Gasteiger partial charge in [-0.2, -0.15) is 0 Å². The second kappa shape index (κ2) is 7.46. The molecule has 0 spiro atoms. The highest BCUT2D eigenvalue weighted by molar-refractivity contribution is 7.92. The third kappa shape index (κ3) is 3.03. The lowest BCUT2D eigenvalue weighted by Crippen LogP contribution is -2.48. The van der Waals surface area contributed by atoms with Crippen LogP contribution in [-0.2, 0) is 20.6 Å². The van der Waals surface area contributed by atoms with E-state index in [0.29, 0.717) is 9.79 Å². The van der Waals surface area contributed by atoms with Gasteiger partial charge in [-0.25, -0.2) is 12.6 Å². The summed E-state index contributed by atoms with van der Waals surface area (Å²) >= 11 is 0. The Bertz CT molecular complexity index is 1600. The topological polar surface area (TPSA) is 51.2 Å². The molecule has 3 nitrogen and oxygen atoms in total. The summed E-state index contributed by atoms with van der Waals surface area (Å²) in [4.78, 5) is 2.73. The van der Waals surface area contributed by atoms with Gasteiger partial charge < -0.3 is 0 Å². The number of hydrogen-bond donors (Lipinski definition) is 0. The minimum Gasteiger partial charge on any atom is -0.249 e. The molecule has 0 bridgehead atoms. The molecule has 0 fully saturated rings. The maximum absolute atomic E-state index is 13.3. The Labute approximate surface area is 199 Å². The molecule has 162 valence electrons. The number of hydrogen-bond acceptors (Lipinski definition) is 3. The maximum Gasteiger partial charge on any atom is 0.206 e. The van der Waals surface area contributed by atoms with E-state index in [0.717, 1.165) is 31.3 Å². The van der Waals surface area contributed by atoms with Crippen LogP contribution in [0, 0.1) is 0 Å². The van der Waals surface area contributed by atoms with Gasteiger partial charge in [0.2, 0.25) is 9.84 Å². The molecule has 2 aliphatic heterocycles. The summed E-state index contributed by atoms with van der Waals surface area (Å²) in [5, 5.41) is 4.26. The minimum atomic E-state index is -3.51. The molecular formula is C26H20O3S2Si2. The highest BCUT2D eigenvalue weighted by Gasteiger charge is 2.35. The maximum atomic E-state index is 13.3. The largest absolute Gasteiger partial charge is 0.249 e. The Kier molecular flexibility index (Phi) is 4.74. The van der Waals surface area contributed by atoms with E-state index in [2.05, 4.69) is 31.3 Å². The van der Waals surface area contributed by atoms with Crippen LogP contribution < -0.4 is 20.7 Å². The summed E-state index contributed by atoms with van der Waals surface area (Å²) in [6, 6.07) is 27.4. The number of sulfone groups is 1. The molecule has 0 aliphatic carbocycles. The van der Waals surface area contributed by atoms with Gasteiger partial charge in [0.25, 0.3) is 0 Å². The van der Waals surface area contributed by atoms with Gasteiger partial charge in [-0.15, -0.1) is 0 Å². The standard InChI is InChI=1S/C26H20O3S2Si2/c1-32-23-9-5-3-7-19(23)30(27)20-13-11-17(15-25(20)32)18-12-14-22-26(16-18)33(2)24-10-6-4-8-21(24)31(22,28)29/h3-16H,1-2H3. The Morgan fingerprint density at radius 2 is 1.15 bits per heavy atom. The van der Waals surface area contributed by atoms with Crippen LogP contribution in [0.4, 0.5) is 0 Å². The molecule has 2 radical (unpaired) electrons. The predicted octanol–water partition coefficient (Wildman–Crippen LogP) is 2.46. The second-order valence-electron chi connectivity index (χ2n) is 8.44. The molecule has 2 aliphatic rings. The van der Waals surface area contributed by atoms with Crippen molar-refractivity contribution in [3.63, 3.8) is 0 Å². The fourth-order valence-corrected chi connectivity index (χ4v) is 14.5. The van der Waals surface area contributed by atoms with Crippen molar-refractivity contribution in [3.8, 4) is 11.1 Å². The summed E-state index contributed by atoms with van der Waals surface area (Å²) in [6.45, 7) is 4.42. The van der Waals surface area contributed by atoms with E-state index in [4.69, 9.17) is 0 Å². The average Bonchev–Trinajstić information content (AvgIpc) is 2.85. The van der Waals surface area contributed by atoms with Crippen molar-refractivity contribution in [1.82, 2.24) is 0 Å². The number of fused-ring (bicyclic) bond motifs is 4. The lowest BCUT2D eigenvalue weighted by Gasteiger charge is -2.26. The van der Waals surface area contributed by atoms with E-state index in [1.807, 2.05) is 48.5 Å². The molecule has 0 saturated heterocycles. The zero-order valence-electron chi connectivity index (χ0n) is 18.1. The summed E-state index contributed by atoms with van der Waals surface area (Å²) in [7, 11) is -6.91. The molecule has 4 aromatic carbocycles. The van der Waals surface area contributed by atoms with Crippen molar-refractivity contribution in [2.24, 2.45) is 0 Å². The van der Waals surface area contributed by atoms with Gasteiger partial charge in [0.05, 0.1) is 20.6 Å². The van der Waals surface area contributed by atoms with Crippen LogP contribution in [0.2, 0.25) is 13.1 Å². The molecule has 33 heavy (non-hydrogen) atoms. The summed E-state index contributed by atoms with van der Waals surface area (Å²) in [5.41, 5.74) is 2.05. The number of benzene rings is 4. The van der Waals surface area contributed by atoms with Gasteiger partial charge in [-0.3, -0.25) is 0 Å². The fourth-order valence-electron chi connectivity index (χ4n) is 4.88. The molecule has 0 aromatic heterocycles. The van der Waals surface area contributed by atoms with E-state index in [9.17, 15) is 12.6 Å². The zero-order valence-corrected chi connectivity index (χ0v) is 21.8. The quantitative estimate of drug-likeness (QED) is 0.377. The first-order chi connectivity index (χ1) is 15.9. The lowest BCUT2D eigenvalue weighted by molar-refractivity contribution is 0.597. The van der Waals surface area contributed by atoms with E-state index < -0.39 is 38.2 Å². The Hall–Kier alpha value is -2.59. The fraction of sp³-hybridized carbons (Fsp3) is 0.0769. The second-order valence-corrected chi connectivity index (χ2v) is 16.4. The van der Waals surface area contributed by atoms with Crippen LogP contribution in [-0.4, -0.2) is 30.2 Å². The Morgan fingerprint density at radius 3 is 1.94 bits per heavy atom. The average molecular weight is 501 g/mol. The SMILES string of the molecule is C[Si]1c2ccccc2S(=O)c2ccc(-c3ccc4c(c3)[Si](C)c3ccccc3S4(=O)=O)cc21. The zero-order chi connectivity index (χ0) is 22.9. The molecule has 7 heteroatoms. The van der Waals surface area contributed by atoms with Crippen LogP contribution in [0.1, 0.15) is 0 Å². The van der Waals surface area contributed by atoms with Crippen molar-refractivity contribution < 1.29 is 12.6 Å². The van der Waals surface area contributed by atoms with E-state index >= 15 is 0 Å². The molecule has 6 rings (SSSR count). The Morgan fingerprint density at radius 1 is 0.606 bits per heavy atom. The van der Waals surface area contributed by atoms with Crippen molar-refractivity contribution in [1.29, 1.82) is 0 Å². The molecule has 0 amide bonds. The lowest BCUT2D eigenvalue weighted by atomic mass is 10.1. The molecule has 2 heterocycles. The summed E-state index contributed by atoms with van der Waals surface area (Å²) < 4.78 is 39.7. The predicted molar refractivity (Wildman–Crippen MR) is 137 cm³/mol. The normalized spacial score (nSPS) is 18.7. The van der Waals surface area contributed by atoms with Gasteiger partial charge in [0.1, 0.15) is 17.6 Å². The molecule has 1 atom stereocenters. The van der Waals surface area contributed by atoms with Crippen LogP contribution in [0.15, 0.2) is 105 Å². The van der Waals surface area contributed by atoms with E-state index in [-0.39, 0.29) is 0 Å². The molecule has 0 N–H and O–H groups in total. The van der Waals surface area contributed by atoms with Gasteiger partial charge >= 0.3 is 0 Å². The first-order valence-electron chi connectivity index (χ1n) is 10.7. The first kappa shape index (κ1) is 21.0. The summed E-state index contributed by atoms with van der Waals surface area (Å²) in [5.74, 6) is 0. The van der Waals surface area contributed by atoms with Crippen molar-refractivity contribution in [2.45, 2.75) is 32.7 Å². The molecule has 4 aromatic rings. The van der Waals surface area contributed by atoms with Crippen molar-refractivity contribution in [2.75, 3.05) is 0 Å². The van der Waals surface area contributed by atoms with E-state index in [1.165, 1.54) is 10.4 Å².